The molecule has 0 heterocycles. The Kier molecular flexibility index (Phi) is 6.91. The third-order valence-corrected chi connectivity index (χ3v) is 3.78. The van der Waals surface area contributed by atoms with Gasteiger partial charge in [-0.3, -0.25) is 9.59 Å². The van der Waals surface area contributed by atoms with Gasteiger partial charge in [0.2, 0.25) is 0 Å². The van der Waals surface area contributed by atoms with Crippen LogP contribution in [0.1, 0.15) is 46.4 Å². The molecule has 1 aromatic rings. The lowest BCUT2D eigenvalue weighted by atomic mass is 9.82. The average molecular weight is 338 g/mol. The molecule has 0 radical (unpaired) electrons. The first-order valence-corrected chi connectivity index (χ1v) is 7.24. The Morgan fingerprint density at radius 3 is 1.29 bits per heavy atom. The van der Waals surface area contributed by atoms with Crippen LogP contribution in [0.2, 0.25) is 0 Å². The van der Waals surface area contributed by atoms with Gasteiger partial charge in [0.1, 0.15) is 0 Å². The van der Waals surface area contributed by atoms with Crippen LogP contribution in [0.5, 0.6) is 0 Å². The summed E-state index contributed by atoms with van der Waals surface area (Å²) in [4.78, 5) is 41.7. The van der Waals surface area contributed by atoms with E-state index in [9.17, 15) is 19.2 Å². The summed E-state index contributed by atoms with van der Waals surface area (Å²) in [5, 5.41) is 34.2. The van der Waals surface area contributed by atoms with E-state index in [-0.39, 0.29) is 23.0 Å². The molecular weight excluding hydrogens is 320 g/mol. The summed E-state index contributed by atoms with van der Waals surface area (Å²) in [5.41, 5.74) is -0.0372. The maximum absolute atomic E-state index is 10.5. The van der Waals surface area contributed by atoms with E-state index in [4.69, 9.17) is 20.4 Å². The van der Waals surface area contributed by atoms with Gasteiger partial charge in [0.25, 0.3) is 0 Å². The molecule has 1 saturated carbocycles. The number of carboxylic acids is 4. The zero-order chi connectivity index (χ0) is 18.3. The molecule has 0 atom stereocenters. The zero-order valence-electron chi connectivity index (χ0n) is 12.7. The van der Waals surface area contributed by atoms with Crippen molar-refractivity contribution in [3.05, 3.63) is 35.4 Å². The molecule has 4 N–H and O–H groups in total. The molecule has 0 amide bonds. The van der Waals surface area contributed by atoms with Gasteiger partial charge < -0.3 is 20.4 Å². The topological polar surface area (TPSA) is 149 Å². The Labute approximate surface area is 137 Å². The van der Waals surface area contributed by atoms with Crippen molar-refractivity contribution in [2.45, 2.75) is 25.7 Å². The molecule has 8 heteroatoms. The first-order valence-electron chi connectivity index (χ1n) is 7.24. The van der Waals surface area contributed by atoms with Gasteiger partial charge >= 0.3 is 23.9 Å². The van der Waals surface area contributed by atoms with Gasteiger partial charge in [-0.2, -0.15) is 0 Å². The summed E-state index contributed by atoms with van der Waals surface area (Å²) in [6.07, 6.45) is 2.03. The second-order valence-corrected chi connectivity index (χ2v) is 5.42. The molecule has 1 fully saturated rings. The number of hydrogen-bond donors (Lipinski definition) is 4. The molecule has 0 saturated heterocycles. The summed E-state index contributed by atoms with van der Waals surface area (Å²) in [6, 6.07) is 5.20. The van der Waals surface area contributed by atoms with E-state index in [2.05, 4.69) is 0 Å². The van der Waals surface area contributed by atoms with E-state index in [0.717, 1.165) is 6.07 Å². The largest absolute Gasteiger partial charge is 0.481 e. The van der Waals surface area contributed by atoms with Crippen LogP contribution in [0.3, 0.4) is 0 Å². The second-order valence-electron chi connectivity index (χ2n) is 5.42. The summed E-state index contributed by atoms with van der Waals surface area (Å²) in [5.74, 6) is -4.48. The number of aromatic carboxylic acids is 2. The van der Waals surface area contributed by atoms with E-state index in [1.54, 1.807) is 0 Å². The molecule has 0 aliphatic heterocycles. The van der Waals surface area contributed by atoms with Gasteiger partial charge in [-0.15, -0.1) is 0 Å². The van der Waals surface area contributed by atoms with Crippen LogP contribution >= 0.6 is 0 Å². The second kappa shape index (κ2) is 8.66. The van der Waals surface area contributed by atoms with Crippen molar-refractivity contribution >= 4 is 23.9 Å². The summed E-state index contributed by atoms with van der Waals surface area (Å²) < 4.78 is 0. The van der Waals surface area contributed by atoms with E-state index >= 15 is 0 Å². The fourth-order valence-corrected chi connectivity index (χ4v) is 2.37. The number of carbonyl (C=O) groups is 4. The Balaban J connectivity index is 0.000000240. The van der Waals surface area contributed by atoms with Crippen LogP contribution < -0.4 is 0 Å². The minimum atomic E-state index is -1.13. The molecule has 1 aliphatic rings. The SMILES string of the molecule is O=C(O)C1CCC(C(=O)O)CC1.O=C(O)c1cccc(C(=O)O)c1. The van der Waals surface area contributed by atoms with E-state index in [0.29, 0.717) is 25.7 Å². The van der Waals surface area contributed by atoms with Gasteiger partial charge in [-0.1, -0.05) is 6.07 Å². The Morgan fingerprint density at radius 1 is 0.708 bits per heavy atom. The van der Waals surface area contributed by atoms with Crippen LogP contribution in [-0.2, 0) is 9.59 Å². The first kappa shape index (κ1) is 19.1. The van der Waals surface area contributed by atoms with E-state index in [1.807, 2.05) is 0 Å². The molecule has 0 bridgehead atoms. The molecule has 1 aromatic carbocycles. The molecule has 2 rings (SSSR count). The molecule has 0 unspecified atom stereocenters. The van der Waals surface area contributed by atoms with Crippen molar-refractivity contribution < 1.29 is 39.6 Å². The van der Waals surface area contributed by atoms with Crippen molar-refractivity contribution in [1.82, 2.24) is 0 Å². The molecule has 0 aromatic heterocycles. The Hall–Kier alpha value is -2.90. The standard InChI is InChI=1S/C8H12O4.C8H6O4/c9-7(10)5-1-2-6(4-3-5)8(11)12;9-7(10)5-2-1-3-6(4-5)8(11)12/h5-6H,1-4H2,(H,9,10)(H,11,12);1-4H,(H,9,10)(H,11,12). The third kappa shape index (κ3) is 5.71. The van der Waals surface area contributed by atoms with Crippen molar-refractivity contribution in [2.75, 3.05) is 0 Å². The highest BCUT2D eigenvalue weighted by molar-refractivity contribution is 5.93. The lowest BCUT2D eigenvalue weighted by Crippen LogP contribution is -2.25. The normalized spacial score (nSPS) is 19.5. The fourth-order valence-electron chi connectivity index (χ4n) is 2.37. The van der Waals surface area contributed by atoms with Gasteiger partial charge in [-0.25, -0.2) is 9.59 Å². The van der Waals surface area contributed by atoms with Gasteiger partial charge in [0.05, 0.1) is 23.0 Å². The highest BCUT2D eigenvalue weighted by Gasteiger charge is 2.29. The molecule has 8 nitrogen and oxygen atoms in total. The highest BCUT2D eigenvalue weighted by Crippen LogP contribution is 2.28. The first-order chi connectivity index (χ1) is 11.2. The van der Waals surface area contributed by atoms with Crippen molar-refractivity contribution in [1.29, 1.82) is 0 Å². The van der Waals surface area contributed by atoms with E-state index < -0.39 is 23.9 Å². The molecule has 1 aliphatic carbocycles. The Morgan fingerprint density at radius 2 is 1.04 bits per heavy atom. The number of rotatable bonds is 4. The number of hydrogen-bond acceptors (Lipinski definition) is 4. The van der Waals surface area contributed by atoms with Crippen LogP contribution in [0, 0.1) is 11.8 Å². The minimum absolute atomic E-state index is 0.0186. The number of benzene rings is 1. The average Bonchev–Trinajstić information content (AvgIpc) is 2.55. The van der Waals surface area contributed by atoms with Crippen molar-refractivity contribution in [3.8, 4) is 0 Å². The summed E-state index contributed by atoms with van der Waals surface area (Å²) >= 11 is 0. The maximum Gasteiger partial charge on any atom is 0.335 e. The smallest absolute Gasteiger partial charge is 0.335 e. The van der Waals surface area contributed by atoms with E-state index in [1.165, 1.54) is 18.2 Å². The monoisotopic (exact) mass is 338 g/mol. The fraction of sp³-hybridized carbons (Fsp3) is 0.375. The van der Waals surface area contributed by atoms with Crippen molar-refractivity contribution in [2.24, 2.45) is 11.8 Å². The van der Waals surface area contributed by atoms with Crippen molar-refractivity contribution in [3.63, 3.8) is 0 Å². The highest BCUT2D eigenvalue weighted by atomic mass is 16.4. The maximum atomic E-state index is 10.5. The van der Waals surface area contributed by atoms with Crippen LogP contribution in [-0.4, -0.2) is 44.3 Å². The predicted molar refractivity (Wildman–Crippen MR) is 81.1 cm³/mol. The van der Waals surface area contributed by atoms with Crippen LogP contribution in [0.15, 0.2) is 24.3 Å². The molecule has 0 spiro atoms. The minimum Gasteiger partial charge on any atom is -0.481 e. The van der Waals surface area contributed by atoms with Crippen LogP contribution in [0.25, 0.3) is 0 Å². The number of carboxylic acid groups (broad SMARTS) is 4. The lowest BCUT2D eigenvalue weighted by molar-refractivity contribution is -0.148. The third-order valence-electron chi connectivity index (χ3n) is 3.78. The molecular formula is C16H18O8. The van der Waals surface area contributed by atoms with Crippen LogP contribution in [0.4, 0.5) is 0 Å². The Bertz CT molecular complexity index is 577. The predicted octanol–water partition coefficient (Wildman–Crippen LogP) is 2.04. The zero-order valence-corrected chi connectivity index (χ0v) is 12.7. The lowest BCUT2D eigenvalue weighted by Gasteiger charge is -2.22. The summed E-state index contributed by atoms with van der Waals surface area (Å²) in [7, 11) is 0. The molecule has 24 heavy (non-hydrogen) atoms. The van der Waals surface area contributed by atoms with Gasteiger partial charge in [0.15, 0.2) is 0 Å². The van der Waals surface area contributed by atoms with Gasteiger partial charge in [0, 0.05) is 0 Å². The number of aliphatic carboxylic acids is 2. The quantitative estimate of drug-likeness (QED) is 0.651. The molecule has 130 valence electrons. The van der Waals surface area contributed by atoms with Gasteiger partial charge in [-0.05, 0) is 43.9 Å². The summed E-state index contributed by atoms with van der Waals surface area (Å²) in [6.45, 7) is 0.